The molecule has 8 nitrogen and oxygen atoms in total. The van der Waals surface area contributed by atoms with E-state index in [9.17, 15) is 13.2 Å². The minimum atomic E-state index is -3.78. The van der Waals surface area contributed by atoms with Crippen LogP contribution in [0.3, 0.4) is 0 Å². The van der Waals surface area contributed by atoms with Gasteiger partial charge in [0.05, 0.1) is 16.5 Å². The third-order valence-corrected chi connectivity index (χ3v) is 8.57. The molecule has 0 saturated heterocycles. The number of amides is 1. The number of sulfonamides is 1. The first-order valence-electron chi connectivity index (χ1n) is 13.2. The molecule has 2 heterocycles. The van der Waals surface area contributed by atoms with Crippen molar-refractivity contribution in [2.24, 2.45) is 5.92 Å². The fraction of sp³-hybridized carbons (Fsp3) is 0.464. The Kier molecular flexibility index (Phi) is 7.29. The topological polar surface area (TPSA) is 113 Å². The molecule has 1 saturated carbocycles. The van der Waals surface area contributed by atoms with E-state index < -0.39 is 10.0 Å². The van der Waals surface area contributed by atoms with E-state index in [0.717, 1.165) is 48.0 Å². The summed E-state index contributed by atoms with van der Waals surface area (Å²) in [7, 11) is -3.78. The third-order valence-electron chi connectivity index (χ3n) is 7.11. The second-order valence-electron chi connectivity index (χ2n) is 10.6. The lowest BCUT2D eigenvalue weighted by atomic mass is 9.98. The summed E-state index contributed by atoms with van der Waals surface area (Å²) in [6, 6.07) is 6.83. The molecule has 196 valence electrons. The highest BCUT2D eigenvalue weighted by Gasteiger charge is 2.36. The average molecular weight is 522 g/mol. The molecule has 2 aliphatic rings. The Hall–Kier alpha value is -2.88. The largest absolute Gasteiger partial charge is 0.345 e. The van der Waals surface area contributed by atoms with Gasteiger partial charge in [0.25, 0.3) is 5.91 Å². The molecule has 2 aliphatic carbocycles. The molecule has 0 aliphatic heterocycles. The van der Waals surface area contributed by atoms with Gasteiger partial charge in [0, 0.05) is 53.6 Å². The first-order chi connectivity index (χ1) is 17.8. The number of aromatic nitrogens is 2. The summed E-state index contributed by atoms with van der Waals surface area (Å²) in [5.41, 5.74) is 3.27. The Balaban J connectivity index is 1.64. The van der Waals surface area contributed by atoms with Crippen molar-refractivity contribution in [3.8, 4) is 0 Å². The fourth-order valence-corrected chi connectivity index (χ4v) is 6.51. The number of rotatable bonds is 10. The lowest BCUT2D eigenvalue weighted by Crippen LogP contribution is -2.29. The monoisotopic (exact) mass is 521 g/mol. The zero-order valence-corrected chi connectivity index (χ0v) is 22.4. The van der Waals surface area contributed by atoms with Gasteiger partial charge in [0.15, 0.2) is 0 Å². The van der Waals surface area contributed by atoms with Crippen molar-refractivity contribution in [3.05, 3.63) is 65.2 Å². The Morgan fingerprint density at radius 1 is 1.14 bits per heavy atom. The molecule has 1 aromatic carbocycles. The van der Waals surface area contributed by atoms with Gasteiger partial charge in [-0.2, -0.15) is 0 Å². The van der Waals surface area contributed by atoms with Crippen LogP contribution in [0.25, 0.3) is 10.8 Å². The SMILES string of the molecule is CCCNC1CC(NC(=O)c2cccnc2)c2cc(S(=O)(=O)NCC(C)C)c3cc(C4CC4)ncc3c21. The highest BCUT2D eigenvalue weighted by molar-refractivity contribution is 7.89. The van der Waals surface area contributed by atoms with Gasteiger partial charge in [0.1, 0.15) is 0 Å². The number of pyridine rings is 2. The van der Waals surface area contributed by atoms with Crippen LogP contribution < -0.4 is 15.4 Å². The van der Waals surface area contributed by atoms with Crippen molar-refractivity contribution in [1.82, 2.24) is 25.3 Å². The second kappa shape index (κ2) is 10.5. The van der Waals surface area contributed by atoms with Crippen molar-refractivity contribution in [1.29, 1.82) is 0 Å². The minimum Gasteiger partial charge on any atom is -0.345 e. The molecule has 0 radical (unpaired) electrons. The molecular formula is C28H35N5O3S. The van der Waals surface area contributed by atoms with Crippen LogP contribution in [0.4, 0.5) is 0 Å². The van der Waals surface area contributed by atoms with Crippen LogP contribution >= 0.6 is 0 Å². The molecule has 1 fully saturated rings. The highest BCUT2D eigenvalue weighted by atomic mass is 32.2. The molecule has 9 heteroatoms. The van der Waals surface area contributed by atoms with Gasteiger partial charge < -0.3 is 10.6 Å². The number of hydrogen-bond donors (Lipinski definition) is 3. The van der Waals surface area contributed by atoms with E-state index in [4.69, 9.17) is 4.98 Å². The predicted octanol–water partition coefficient (Wildman–Crippen LogP) is 4.36. The van der Waals surface area contributed by atoms with Crippen molar-refractivity contribution < 1.29 is 13.2 Å². The van der Waals surface area contributed by atoms with E-state index in [1.807, 2.05) is 26.1 Å². The van der Waals surface area contributed by atoms with Crippen molar-refractivity contribution in [3.63, 3.8) is 0 Å². The number of fused-ring (bicyclic) bond motifs is 3. The standard InChI is InChI=1S/C28H35N5O3S/c1-4-9-30-25-13-24(33-28(34)19-6-5-10-29-15-19)21-12-26(37(35,36)32-14-17(2)3)20-11-23(18-7-8-18)31-16-22(20)27(21)25/h5-6,10-12,15-18,24-25,30,32H,4,7-9,13-14H2,1-3H3,(H,33,34). The van der Waals surface area contributed by atoms with Gasteiger partial charge in [-0.3, -0.25) is 14.8 Å². The Bertz CT molecular complexity index is 1400. The van der Waals surface area contributed by atoms with Crippen LogP contribution in [0, 0.1) is 5.92 Å². The first kappa shape index (κ1) is 25.8. The molecule has 3 N–H and O–H groups in total. The van der Waals surface area contributed by atoms with Gasteiger partial charge in [-0.25, -0.2) is 13.1 Å². The summed E-state index contributed by atoms with van der Waals surface area (Å²) < 4.78 is 30.0. The number of nitrogens with zero attached hydrogens (tertiary/aromatic N) is 2. The maximum atomic E-state index is 13.6. The normalized spacial score (nSPS) is 19.4. The Morgan fingerprint density at radius 3 is 2.62 bits per heavy atom. The number of benzene rings is 1. The van der Waals surface area contributed by atoms with Crippen molar-refractivity contribution in [2.45, 2.75) is 69.4 Å². The van der Waals surface area contributed by atoms with Crippen LogP contribution in [0.1, 0.15) is 91.6 Å². The molecule has 2 unspecified atom stereocenters. The van der Waals surface area contributed by atoms with E-state index in [0.29, 0.717) is 29.8 Å². The van der Waals surface area contributed by atoms with Crippen molar-refractivity contribution >= 4 is 26.7 Å². The van der Waals surface area contributed by atoms with Gasteiger partial charge in [-0.05, 0) is 73.5 Å². The third kappa shape index (κ3) is 5.39. The average Bonchev–Trinajstić information content (AvgIpc) is 3.69. The zero-order chi connectivity index (χ0) is 26.2. The second-order valence-corrected chi connectivity index (χ2v) is 12.3. The van der Waals surface area contributed by atoms with E-state index in [2.05, 4.69) is 27.3 Å². The number of carbonyl (C=O) groups excluding carboxylic acids is 1. The zero-order valence-electron chi connectivity index (χ0n) is 21.6. The molecule has 2 atom stereocenters. The quantitative estimate of drug-likeness (QED) is 0.365. The first-order valence-corrected chi connectivity index (χ1v) is 14.7. The maximum Gasteiger partial charge on any atom is 0.253 e. The molecular weight excluding hydrogens is 486 g/mol. The van der Waals surface area contributed by atoms with Crippen LogP contribution in [-0.4, -0.2) is 37.4 Å². The molecule has 5 rings (SSSR count). The summed E-state index contributed by atoms with van der Waals surface area (Å²) in [6.45, 7) is 7.24. The number of hydrogen-bond acceptors (Lipinski definition) is 6. The van der Waals surface area contributed by atoms with E-state index in [1.54, 1.807) is 24.4 Å². The highest BCUT2D eigenvalue weighted by Crippen LogP contribution is 2.46. The van der Waals surface area contributed by atoms with Crippen LogP contribution in [-0.2, 0) is 10.0 Å². The fourth-order valence-electron chi connectivity index (χ4n) is 5.06. The number of nitrogens with one attached hydrogen (secondary N) is 3. The molecule has 3 aromatic rings. The Morgan fingerprint density at radius 2 is 1.95 bits per heavy atom. The van der Waals surface area contributed by atoms with E-state index in [1.165, 1.54) is 6.20 Å². The van der Waals surface area contributed by atoms with Gasteiger partial charge >= 0.3 is 0 Å². The van der Waals surface area contributed by atoms with Crippen LogP contribution in [0.2, 0.25) is 0 Å². The summed E-state index contributed by atoms with van der Waals surface area (Å²) >= 11 is 0. The molecule has 37 heavy (non-hydrogen) atoms. The van der Waals surface area contributed by atoms with E-state index in [-0.39, 0.29) is 28.8 Å². The number of carbonyl (C=O) groups is 1. The summed E-state index contributed by atoms with van der Waals surface area (Å²) in [5, 5.41) is 8.29. The van der Waals surface area contributed by atoms with Gasteiger partial charge in [-0.15, -0.1) is 0 Å². The minimum absolute atomic E-state index is 0.0226. The molecule has 0 bridgehead atoms. The smallest absolute Gasteiger partial charge is 0.253 e. The van der Waals surface area contributed by atoms with Crippen LogP contribution in [0.5, 0.6) is 0 Å². The van der Waals surface area contributed by atoms with Gasteiger partial charge in [-0.1, -0.05) is 20.8 Å². The lowest BCUT2D eigenvalue weighted by molar-refractivity contribution is 0.0935. The summed E-state index contributed by atoms with van der Waals surface area (Å²) in [6.07, 6.45) is 8.77. The summed E-state index contributed by atoms with van der Waals surface area (Å²) in [5.74, 6) is 0.343. The van der Waals surface area contributed by atoms with E-state index >= 15 is 0 Å². The lowest BCUT2D eigenvalue weighted by Gasteiger charge is -2.19. The maximum absolute atomic E-state index is 13.6. The molecule has 1 amide bonds. The van der Waals surface area contributed by atoms with Gasteiger partial charge in [0.2, 0.25) is 10.0 Å². The summed E-state index contributed by atoms with van der Waals surface area (Å²) in [4.78, 5) is 22.1. The van der Waals surface area contributed by atoms with Crippen molar-refractivity contribution in [2.75, 3.05) is 13.1 Å². The van der Waals surface area contributed by atoms with Crippen LogP contribution in [0.15, 0.2) is 47.8 Å². The molecule has 2 aromatic heterocycles. The molecule has 0 spiro atoms. The predicted molar refractivity (Wildman–Crippen MR) is 144 cm³/mol. The Labute approximate surface area is 218 Å².